The van der Waals surface area contributed by atoms with Crippen LogP contribution in [0.15, 0.2) is 0 Å². The van der Waals surface area contributed by atoms with E-state index in [2.05, 4.69) is 4.74 Å². The summed E-state index contributed by atoms with van der Waals surface area (Å²) in [5.41, 5.74) is 0. The molecule has 0 rings (SSSR count). The predicted octanol–water partition coefficient (Wildman–Crippen LogP) is 0.822. The molecule has 0 aromatic heterocycles. The average Bonchev–Trinajstić information content (AvgIpc) is 1.68. The number of rotatable bonds is 4. The van der Waals surface area contributed by atoms with Crippen molar-refractivity contribution in [2.75, 3.05) is 12.0 Å². The first kappa shape index (κ1) is 7.82. The van der Waals surface area contributed by atoms with Crippen LogP contribution >= 0.6 is 11.8 Å². The zero-order valence-corrected chi connectivity index (χ0v) is 5.83. The van der Waals surface area contributed by atoms with Crippen LogP contribution in [0.4, 0.5) is 0 Å². The molecule has 2 nitrogen and oxygen atoms in total. The van der Waals surface area contributed by atoms with E-state index in [9.17, 15) is 4.79 Å². The minimum Gasteiger partial charge on any atom is -0.453 e. The first-order valence-electron chi connectivity index (χ1n) is 2.33. The van der Waals surface area contributed by atoms with E-state index in [1.165, 1.54) is 6.47 Å². The highest BCUT2D eigenvalue weighted by Gasteiger charge is 1.97. The second kappa shape index (κ2) is 4.97. The van der Waals surface area contributed by atoms with Gasteiger partial charge >= 0.3 is 6.47 Å². The highest BCUT2D eigenvalue weighted by molar-refractivity contribution is 7.98. The molecule has 8 heavy (non-hydrogen) atoms. The molecule has 0 aromatic rings. The van der Waals surface area contributed by atoms with Crippen LogP contribution in [0.5, 0.6) is 0 Å². The third-order valence-electron chi connectivity index (χ3n) is 0.651. The summed E-state index contributed by atoms with van der Waals surface area (Å²) in [5.74, 6) is 0.842. The Hall–Kier alpha value is -0.180. The van der Waals surface area contributed by atoms with E-state index < -0.39 is 0 Å². The summed E-state index contributed by atoms with van der Waals surface area (Å²) >= 11 is 1.65. The van der Waals surface area contributed by atoms with Gasteiger partial charge in [-0.2, -0.15) is 11.8 Å². The van der Waals surface area contributed by atoms with Gasteiger partial charge in [-0.15, -0.1) is 0 Å². The van der Waals surface area contributed by atoms with E-state index in [-0.39, 0.29) is 6.10 Å². The molecular weight excluding hydrogens is 124 g/mol. The van der Waals surface area contributed by atoms with Gasteiger partial charge in [-0.1, -0.05) is 0 Å². The van der Waals surface area contributed by atoms with Crippen LogP contribution in [0.3, 0.4) is 0 Å². The summed E-state index contributed by atoms with van der Waals surface area (Å²) in [6.07, 6.45) is 1.97. The number of hydrogen-bond donors (Lipinski definition) is 0. The monoisotopic (exact) mass is 133 g/mol. The molecule has 3 heteroatoms. The maximum atomic E-state index is 9.53. The van der Waals surface area contributed by atoms with Crippen molar-refractivity contribution in [1.29, 1.82) is 0 Å². The zero-order chi connectivity index (χ0) is 6.41. The fraction of sp³-hybridized carbons (Fsp3) is 0.800. The number of thioether (sulfide) groups is 1. The van der Waals surface area contributed by atoms with Crippen LogP contribution in [0, 0.1) is 0 Å². The Bertz CT molecular complexity index is 65.4. The molecule has 0 aliphatic rings. The maximum absolute atomic E-state index is 9.53. The predicted molar refractivity (Wildman–Crippen MR) is 34.6 cm³/mol. The molecular formula is C5H9O2S. The van der Waals surface area contributed by atoms with Crippen molar-refractivity contribution < 1.29 is 9.53 Å². The Balaban J connectivity index is 3.03. The molecule has 0 fully saturated rings. The molecule has 0 heterocycles. The molecule has 0 aliphatic heterocycles. The highest BCUT2D eigenvalue weighted by atomic mass is 32.2. The first-order chi connectivity index (χ1) is 3.81. The summed E-state index contributed by atoms with van der Waals surface area (Å²) < 4.78 is 4.46. The lowest BCUT2D eigenvalue weighted by Crippen LogP contribution is -2.08. The van der Waals surface area contributed by atoms with Gasteiger partial charge in [0.2, 0.25) is 0 Å². The van der Waals surface area contributed by atoms with Gasteiger partial charge in [0.05, 0.1) is 0 Å². The van der Waals surface area contributed by atoms with Crippen LogP contribution in [0.2, 0.25) is 0 Å². The number of hydrogen-bond acceptors (Lipinski definition) is 3. The zero-order valence-electron chi connectivity index (χ0n) is 5.01. The molecule has 0 bridgehead atoms. The molecule has 0 amide bonds. The van der Waals surface area contributed by atoms with E-state index in [1.807, 2.05) is 13.2 Å². The highest BCUT2D eigenvalue weighted by Crippen LogP contribution is 1.98. The quantitative estimate of drug-likeness (QED) is 0.568. The molecule has 47 valence electrons. The van der Waals surface area contributed by atoms with Crippen molar-refractivity contribution in [3.8, 4) is 0 Å². The summed E-state index contributed by atoms with van der Waals surface area (Å²) in [7, 11) is 0. The summed E-state index contributed by atoms with van der Waals surface area (Å²) in [4.78, 5) is 9.53. The fourth-order valence-corrected chi connectivity index (χ4v) is 0.888. The van der Waals surface area contributed by atoms with Gasteiger partial charge < -0.3 is 4.74 Å². The van der Waals surface area contributed by atoms with Crippen molar-refractivity contribution in [3.63, 3.8) is 0 Å². The Morgan fingerprint density at radius 3 is 2.88 bits per heavy atom. The topological polar surface area (TPSA) is 26.3 Å². The van der Waals surface area contributed by atoms with E-state index in [1.54, 1.807) is 11.8 Å². The Morgan fingerprint density at radius 2 is 2.50 bits per heavy atom. The van der Waals surface area contributed by atoms with Crippen LogP contribution in [0.25, 0.3) is 0 Å². The standard InChI is InChI=1S/C5H9O2S/c1-5(3-8-2)7-4-6/h5H,3H2,1-2H3. The van der Waals surface area contributed by atoms with Gasteiger partial charge in [0.15, 0.2) is 0 Å². The molecule has 1 atom stereocenters. The van der Waals surface area contributed by atoms with Crippen LogP contribution in [-0.4, -0.2) is 24.6 Å². The maximum Gasteiger partial charge on any atom is 0.417 e. The smallest absolute Gasteiger partial charge is 0.417 e. The van der Waals surface area contributed by atoms with E-state index >= 15 is 0 Å². The third-order valence-corrected chi connectivity index (χ3v) is 1.45. The van der Waals surface area contributed by atoms with E-state index in [0.29, 0.717) is 0 Å². The molecule has 0 saturated carbocycles. The lowest BCUT2D eigenvalue weighted by Gasteiger charge is -2.03. The Labute approximate surface area is 53.6 Å². The second-order valence-corrected chi connectivity index (χ2v) is 2.38. The Kier molecular flexibility index (Phi) is 4.85. The Morgan fingerprint density at radius 1 is 1.88 bits per heavy atom. The van der Waals surface area contributed by atoms with Gasteiger partial charge in [-0.25, -0.2) is 4.79 Å². The SMILES string of the molecule is CSCC(C)O[C]=O. The minimum atomic E-state index is 0.00231. The molecule has 0 aromatic carbocycles. The van der Waals surface area contributed by atoms with Crippen LogP contribution in [-0.2, 0) is 9.53 Å². The molecule has 1 radical (unpaired) electrons. The normalized spacial score (nSPS) is 12.8. The minimum absolute atomic E-state index is 0.00231. The van der Waals surface area contributed by atoms with Crippen molar-refractivity contribution in [3.05, 3.63) is 0 Å². The van der Waals surface area contributed by atoms with Gasteiger partial charge in [0.25, 0.3) is 0 Å². The van der Waals surface area contributed by atoms with Crippen molar-refractivity contribution in [1.82, 2.24) is 0 Å². The molecule has 0 spiro atoms. The third kappa shape index (κ3) is 3.99. The molecule has 1 unspecified atom stereocenters. The summed E-state index contributed by atoms with van der Waals surface area (Å²) in [6.45, 7) is 3.22. The average molecular weight is 133 g/mol. The molecule has 0 aliphatic carbocycles. The number of ether oxygens (including phenoxy) is 1. The lowest BCUT2D eigenvalue weighted by atomic mass is 10.5. The molecule has 0 N–H and O–H groups in total. The van der Waals surface area contributed by atoms with Gasteiger partial charge in [0.1, 0.15) is 6.10 Å². The van der Waals surface area contributed by atoms with E-state index in [4.69, 9.17) is 0 Å². The van der Waals surface area contributed by atoms with Gasteiger partial charge in [-0.05, 0) is 13.2 Å². The van der Waals surface area contributed by atoms with Crippen molar-refractivity contribution >= 4 is 18.2 Å². The molecule has 0 saturated heterocycles. The van der Waals surface area contributed by atoms with E-state index in [0.717, 1.165) is 5.75 Å². The van der Waals surface area contributed by atoms with Gasteiger partial charge in [0, 0.05) is 5.75 Å². The number of carbonyl (C=O) groups excluding carboxylic acids is 1. The van der Waals surface area contributed by atoms with Crippen LogP contribution < -0.4 is 0 Å². The second-order valence-electron chi connectivity index (χ2n) is 1.47. The fourth-order valence-electron chi connectivity index (χ4n) is 0.351. The van der Waals surface area contributed by atoms with Gasteiger partial charge in [-0.3, -0.25) is 0 Å². The summed E-state index contributed by atoms with van der Waals surface area (Å²) in [5, 5.41) is 0. The summed E-state index contributed by atoms with van der Waals surface area (Å²) in [6, 6.07) is 0. The van der Waals surface area contributed by atoms with Crippen molar-refractivity contribution in [2.45, 2.75) is 13.0 Å². The first-order valence-corrected chi connectivity index (χ1v) is 3.72. The van der Waals surface area contributed by atoms with Crippen molar-refractivity contribution in [2.24, 2.45) is 0 Å². The lowest BCUT2D eigenvalue weighted by molar-refractivity contribution is 0.216. The largest absolute Gasteiger partial charge is 0.453 e. The van der Waals surface area contributed by atoms with Crippen LogP contribution in [0.1, 0.15) is 6.92 Å².